The van der Waals surface area contributed by atoms with Gasteiger partial charge in [0.05, 0.1) is 17.2 Å². The van der Waals surface area contributed by atoms with Gasteiger partial charge in [0.2, 0.25) is 0 Å². The van der Waals surface area contributed by atoms with Gasteiger partial charge in [0.25, 0.3) is 5.91 Å². The van der Waals surface area contributed by atoms with Gasteiger partial charge < -0.3 is 0 Å². The first-order valence-corrected chi connectivity index (χ1v) is 9.66. The summed E-state index contributed by atoms with van der Waals surface area (Å²) >= 11 is 18.4. The van der Waals surface area contributed by atoms with Crippen LogP contribution in [0.5, 0.6) is 0 Å². The standard InChI is InChI=1S/C10H11BrClNO2.C8H6BrClO/c1-6-7(10(14)13(2)15-3)4-5-8(11)9(6)12;1-5-6(4-11)2-3-7(9)8(5)10/h4-5H,1-3H3;2-4H,1H3. The molecule has 2 rings (SSSR count). The maximum Gasteiger partial charge on any atom is 0.277 e. The van der Waals surface area contributed by atoms with Gasteiger partial charge in [-0.15, -0.1) is 0 Å². The second-order valence-electron chi connectivity index (χ2n) is 5.21. The Kier molecular flexibility index (Phi) is 9.27. The zero-order chi connectivity index (χ0) is 20.0. The fourth-order valence-corrected chi connectivity index (χ4v) is 3.13. The Morgan fingerprint density at radius 2 is 1.54 bits per heavy atom. The summed E-state index contributed by atoms with van der Waals surface area (Å²) in [4.78, 5) is 27.0. The van der Waals surface area contributed by atoms with Crippen molar-refractivity contribution in [2.75, 3.05) is 14.2 Å². The van der Waals surface area contributed by atoms with Gasteiger partial charge in [0.1, 0.15) is 6.29 Å². The highest BCUT2D eigenvalue weighted by Gasteiger charge is 2.16. The van der Waals surface area contributed by atoms with Crippen molar-refractivity contribution >= 4 is 67.3 Å². The van der Waals surface area contributed by atoms with Crippen molar-refractivity contribution < 1.29 is 14.4 Å². The van der Waals surface area contributed by atoms with Crippen LogP contribution in [0.4, 0.5) is 0 Å². The number of hydroxylamine groups is 2. The third-order valence-electron chi connectivity index (χ3n) is 3.64. The topological polar surface area (TPSA) is 46.6 Å². The fourth-order valence-electron chi connectivity index (χ4n) is 1.93. The van der Waals surface area contributed by atoms with E-state index in [0.717, 1.165) is 31.4 Å². The van der Waals surface area contributed by atoms with Crippen molar-refractivity contribution in [3.8, 4) is 0 Å². The summed E-state index contributed by atoms with van der Waals surface area (Å²) in [5.41, 5.74) is 2.72. The molecule has 1 amide bonds. The Hall–Kier alpha value is -0.920. The summed E-state index contributed by atoms with van der Waals surface area (Å²) in [7, 11) is 2.99. The third-order valence-corrected chi connectivity index (χ3v) is 6.39. The second kappa shape index (κ2) is 10.4. The maximum atomic E-state index is 11.8. The lowest BCUT2D eigenvalue weighted by atomic mass is 10.1. The van der Waals surface area contributed by atoms with Crippen molar-refractivity contribution in [1.82, 2.24) is 5.06 Å². The summed E-state index contributed by atoms with van der Waals surface area (Å²) < 4.78 is 1.60. The van der Waals surface area contributed by atoms with Crippen LogP contribution in [-0.4, -0.2) is 31.4 Å². The molecule has 0 unspecified atom stereocenters. The zero-order valence-electron chi connectivity index (χ0n) is 14.6. The monoisotopic (exact) mass is 523 g/mol. The van der Waals surface area contributed by atoms with E-state index in [1.807, 2.05) is 6.92 Å². The molecule has 0 heterocycles. The van der Waals surface area contributed by atoms with Crippen LogP contribution in [0.2, 0.25) is 10.0 Å². The van der Waals surface area contributed by atoms with Crippen LogP contribution < -0.4 is 0 Å². The minimum atomic E-state index is -0.218. The van der Waals surface area contributed by atoms with Crippen LogP contribution in [0.1, 0.15) is 31.8 Å². The first kappa shape index (κ1) is 23.1. The third kappa shape index (κ3) is 5.54. The number of hydrogen-bond acceptors (Lipinski definition) is 3. The van der Waals surface area contributed by atoms with Crippen molar-refractivity contribution in [3.63, 3.8) is 0 Å². The maximum absolute atomic E-state index is 11.8. The van der Waals surface area contributed by atoms with E-state index in [4.69, 9.17) is 28.0 Å². The van der Waals surface area contributed by atoms with E-state index >= 15 is 0 Å². The lowest BCUT2D eigenvalue weighted by molar-refractivity contribution is -0.0757. The summed E-state index contributed by atoms with van der Waals surface area (Å²) in [5.74, 6) is -0.218. The predicted octanol–water partition coefficient (Wildman–Crippen LogP) is 6.27. The number of halogens is 4. The SMILES string of the molecule is CON(C)C(=O)c1ccc(Br)c(Cl)c1C.Cc1c(C=O)ccc(Br)c1Cl. The highest BCUT2D eigenvalue weighted by Crippen LogP contribution is 2.29. The average molecular weight is 526 g/mol. The number of carbonyl (C=O) groups excluding carboxylic acids is 2. The van der Waals surface area contributed by atoms with E-state index in [9.17, 15) is 9.59 Å². The van der Waals surface area contributed by atoms with E-state index in [2.05, 4.69) is 31.9 Å². The molecule has 140 valence electrons. The van der Waals surface area contributed by atoms with E-state index in [-0.39, 0.29) is 5.91 Å². The van der Waals surface area contributed by atoms with Gasteiger partial charge in [0, 0.05) is 27.1 Å². The Labute approximate surface area is 179 Å². The molecule has 0 aromatic heterocycles. The molecular formula is C18H17Br2Cl2NO3. The quantitative estimate of drug-likeness (QED) is 0.350. The summed E-state index contributed by atoms with van der Waals surface area (Å²) in [6, 6.07) is 6.95. The van der Waals surface area contributed by atoms with Gasteiger partial charge in [-0.05, 0) is 75.0 Å². The van der Waals surface area contributed by atoms with Crippen LogP contribution in [0.15, 0.2) is 33.2 Å². The predicted molar refractivity (Wildman–Crippen MR) is 112 cm³/mol. The Balaban J connectivity index is 0.000000273. The minimum Gasteiger partial charge on any atom is -0.298 e. The van der Waals surface area contributed by atoms with Crippen LogP contribution in [0.3, 0.4) is 0 Å². The van der Waals surface area contributed by atoms with Crippen molar-refractivity contribution in [2.45, 2.75) is 13.8 Å². The molecule has 0 fully saturated rings. The molecule has 0 aliphatic heterocycles. The largest absolute Gasteiger partial charge is 0.298 e. The molecule has 0 bridgehead atoms. The number of amides is 1. The molecule has 2 aromatic carbocycles. The second-order valence-corrected chi connectivity index (χ2v) is 7.68. The van der Waals surface area contributed by atoms with Crippen molar-refractivity contribution in [2.24, 2.45) is 0 Å². The van der Waals surface area contributed by atoms with Crippen LogP contribution in [-0.2, 0) is 4.84 Å². The van der Waals surface area contributed by atoms with Gasteiger partial charge >= 0.3 is 0 Å². The Morgan fingerprint density at radius 1 is 1.04 bits per heavy atom. The highest BCUT2D eigenvalue weighted by atomic mass is 79.9. The minimum absolute atomic E-state index is 0.218. The molecule has 0 saturated heterocycles. The lowest BCUT2D eigenvalue weighted by Crippen LogP contribution is -2.26. The van der Waals surface area contributed by atoms with Gasteiger partial charge in [-0.25, -0.2) is 5.06 Å². The Bertz CT molecular complexity index is 829. The molecular weight excluding hydrogens is 509 g/mol. The molecule has 8 heteroatoms. The summed E-state index contributed by atoms with van der Waals surface area (Å²) in [6.07, 6.45) is 0.799. The molecule has 0 radical (unpaired) electrons. The number of nitrogens with zero attached hydrogens (tertiary/aromatic N) is 1. The smallest absolute Gasteiger partial charge is 0.277 e. The van der Waals surface area contributed by atoms with Crippen LogP contribution >= 0.6 is 55.1 Å². The molecule has 0 spiro atoms. The van der Waals surface area contributed by atoms with Gasteiger partial charge in [-0.3, -0.25) is 14.4 Å². The summed E-state index contributed by atoms with van der Waals surface area (Å²) in [5, 5.41) is 2.31. The number of rotatable bonds is 3. The van der Waals surface area contributed by atoms with Crippen molar-refractivity contribution in [1.29, 1.82) is 0 Å². The van der Waals surface area contributed by atoms with Gasteiger partial charge in [-0.1, -0.05) is 29.3 Å². The normalized spacial score (nSPS) is 10.0. The van der Waals surface area contributed by atoms with Crippen LogP contribution in [0.25, 0.3) is 0 Å². The number of hydrogen-bond donors (Lipinski definition) is 0. The van der Waals surface area contributed by atoms with Crippen molar-refractivity contribution in [3.05, 3.63) is 65.5 Å². The average Bonchev–Trinajstić information content (AvgIpc) is 2.64. The molecule has 0 aliphatic rings. The first-order chi connectivity index (χ1) is 12.1. The van der Waals surface area contributed by atoms with Gasteiger partial charge in [0.15, 0.2) is 0 Å². The Morgan fingerprint density at radius 3 is 2.04 bits per heavy atom. The zero-order valence-corrected chi connectivity index (χ0v) is 19.3. The van der Waals surface area contributed by atoms with E-state index in [0.29, 0.717) is 21.2 Å². The van der Waals surface area contributed by atoms with Crippen LogP contribution in [0, 0.1) is 13.8 Å². The lowest BCUT2D eigenvalue weighted by Gasteiger charge is -2.15. The first-order valence-electron chi connectivity index (χ1n) is 7.32. The van der Waals surface area contributed by atoms with Gasteiger partial charge in [-0.2, -0.15) is 0 Å². The fraction of sp³-hybridized carbons (Fsp3) is 0.222. The molecule has 0 aliphatic carbocycles. The van der Waals surface area contributed by atoms with E-state index < -0.39 is 0 Å². The number of carbonyl (C=O) groups is 2. The summed E-state index contributed by atoms with van der Waals surface area (Å²) in [6.45, 7) is 3.61. The number of aldehydes is 1. The highest BCUT2D eigenvalue weighted by molar-refractivity contribution is 9.10. The van der Waals surface area contributed by atoms with E-state index in [1.54, 1.807) is 38.2 Å². The van der Waals surface area contributed by atoms with E-state index in [1.165, 1.54) is 7.11 Å². The molecule has 0 saturated carbocycles. The molecule has 2 aromatic rings. The molecule has 0 atom stereocenters. The molecule has 4 nitrogen and oxygen atoms in total. The molecule has 0 N–H and O–H groups in total. The number of benzene rings is 2. The molecule has 26 heavy (non-hydrogen) atoms.